The summed E-state index contributed by atoms with van der Waals surface area (Å²) in [4.78, 5) is 12.9. The number of hydrogen-bond acceptors (Lipinski definition) is 6. The molecule has 0 aliphatic carbocycles. The van der Waals surface area contributed by atoms with Crippen molar-refractivity contribution in [3.63, 3.8) is 0 Å². The van der Waals surface area contributed by atoms with Crippen LogP contribution in [0.5, 0.6) is 5.88 Å². The Bertz CT molecular complexity index is 398. The van der Waals surface area contributed by atoms with E-state index >= 15 is 0 Å². The Morgan fingerprint density at radius 3 is 2.89 bits per heavy atom. The number of hydrogen-bond donors (Lipinski definition) is 1. The van der Waals surface area contributed by atoms with E-state index in [9.17, 15) is 0 Å². The fourth-order valence-corrected chi connectivity index (χ4v) is 2.13. The number of anilines is 2. The maximum atomic E-state index is 6.08. The van der Waals surface area contributed by atoms with Gasteiger partial charge in [-0.3, -0.25) is 0 Å². The molecule has 6 nitrogen and oxygen atoms in total. The van der Waals surface area contributed by atoms with E-state index in [0.29, 0.717) is 18.2 Å². The minimum absolute atomic E-state index is 0.486. The number of nitrogens with two attached hydrogens (primary N) is 1. The Morgan fingerprint density at radius 2 is 2.11 bits per heavy atom. The van der Waals surface area contributed by atoms with Crippen LogP contribution < -0.4 is 15.4 Å². The monoisotopic (exact) mass is 251 g/mol. The van der Waals surface area contributed by atoms with Crippen molar-refractivity contribution in [3.8, 4) is 5.88 Å². The molecule has 6 heteroatoms. The van der Waals surface area contributed by atoms with Gasteiger partial charge in [0.05, 0.1) is 6.61 Å². The summed E-state index contributed by atoms with van der Waals surface area (Å²) < 4.78 is 5.41. The van der Waals surface area contributed by atoms with Crippen LogP contribution >= 0.6 is 0 Å². The molecule has 1 aliphatic heterocycles. The van der Waals surface area contributed by atoms with Crippen molar-refractivity contribution in [2.75, 3.05) is 50.5 Å². The average Bonchev–Trinajstić information content (AvgIpc) is 2.57. The molecule has 0 radical (unpaired) electrons. The zero-order chi connectivity index (χ0) is 13.0. The first-order valence-electron chi connectivity index (χ1n) is 6.39. The molecule has 1 saturated heterocycles. The first-order valence-corrected chi connectivity index (χ1v) is 6.39. The van der Waals surface area contributed by atoms with Crippen LogP contribution in [0.1, 0.15) is 13.3 Å². The summed E-state index contributed by atoms with van der Waals surface area (Å²) in [6.45, 7) is 6.51. The molecule has 2 rings (SSSR count). The van der Waals surface area contributed by atoms with E-state index in [1.54, 1.807) is 0 Å². The predicted molar refractivity (Wildman–Crippen MR) is 71.9 cm³/mol. The van der Waals surface area contributed by atoms with Gasteiger partial charge in [0.25, 0.3) is 0 Å². The zero-order valence-corrected chi connectivity index (χ0v) is 11.1. The van der Waals surface area contributed by atoms with Gasteiger partial charge >= 0.3 is 0 Å². The van der Waals surface area contributed by atoms with Crippen LogP contribution in [-0.4, -0.2) is 54.7 Å². The summed E-state index contributed by atoms with van der Waals surface area (Å²) in [6, 6.07) is 0. The Labute approximate surface area is 108 Å². The summed E-state index contributed by atoms with van der Waals surface area (Å²) >= 11 is 0. The second-order valence-electron chi connectivity index (χ2n) is 4.49. The smallest absolute Gasteiger partial charge is 0.242 e. The Balaban J connectivity index is 2.19. The molecule has 2 heterocycles. The molecule has 1 aromatic heterocycles. The molecular weight excluding hydrogens is 230 g/mol. The molecule has 0 saturated carbocycles. The van der Waals surface area contributed by atoms with Crippen LogP contribution in [0.2, 0.25) is 0 Å². The lowest BCUT2D eigenvalue weighted by Gasteiger charge is -2.23. The van der Waals surface area contributed by atoms with Crippen molar-refractivity contribution in [1.82, 2.24) is 14.9 Å². The van der Waals surface area contributed by atoms with E-state index < -0.39 is 0 Å². The van der Waals surface area contributed by atoms with E-state index in [-0.39, 0.29) is 0 Å². The lowest BCUT2D eigenvalue weighted by molar-refractivity contribution is 0.328. The molecular formula is C12H21N5O. The third kappa shape index (κ3) is 2.81. The van der Waals surface area contributed by atoms with Crippen LogP contribution in [0, 0.1) is 0 Å². The third-order valence-electron chi connectivity index (χ3n) is 3.13. The molecule has 2 N–H and O–H groups in total. The van der Waals surface area contributed by atoms with E-state index in [4.69, 9.17) is 10.5 Å². The van der Waals surface area contributed by atoms with Crippen molar-refractivity contribution < 1.29 is 4.74 Å². The lowest BCUT2D eigenvalue weighted by atomic mass is 10.3. The summed E-state index contributed by atoms with van der Waals surface area (Å²) in [6.07, 6.45) is 2.63. The highest BCUT2D eigenvalue weighted by Crippen LogP contribution is 2.28. The van der Waals surface area contributed by atoms with Gasteiger partial charge in [-0.05, 0) is 26.9 Å². The second kappa shape index (κ2) is 5.86. The number of ether oxygens (including phenoxy) is 1. The van der Waals surface area contributed by atoms with Crippen molar-refractivity contribution in [1.29, 1.82) is 0 Å². The van der Waals surface area contributed by atoms with Gasteiger partial charge in [0.15, 0.2) is 5.82 Å². The molecule has 1 fully saturated rings. The van der Waals surface area contributed by atoms with Gasteiger partial charge in [0.1, 0.15) is 12.0 Å². The first kappa shape index (κ1) is 12.9. The van der Waals surface area contributed by atoms with E-state index in [1.165, 1.54) is 6.33 Å². The van der Waals surface area contributed by atoms with Crippen molar-refractivity contribution in [2.24, 2.45) is 0 Å². The topological polar surface area (TPSA) is 67.5 Å². The number of likely N-dealkylation sites (N-methyl/N-ethyl adjacent to an activating group) is 1. The highest BCUT2D eigenvalue weighted by molar-refractivity contribution is 5.67. The molecule has 0 unspecified atom stereocenters. The molecule has 100 valence electrons. The highest BCUT2D eigenvalue weighted by atomic mass is 16.5. The number of aromatic nitrogens is 2. The van der Waals surface area contributed by atoms with Crippen molar-refractivity contribution in [3.05, 3.63) is 6.33 Å². The van der Waals surface area contributed by atoms with E-state index in [0.717, 1.165) is 38.4 Å². The fourth-order valence-electron chi connectivity index (χ4n) is 2.13. The zero-order valence-electron chi connectivity index (χ0n) is 11.1. The summed E-state index contributed by atoms with van der Waals surface area (Å²) in [5.74, 6) is 1.28. The van der Waals surface area contributed by atoms with Crippen LogP contribution in [-0.2, 0) is 0 Å². The van der Waals surface area contributed by atoms with Gasteiger partial charge in [-0.1, -0.05) is 0 Å². The van der Waals surface area contributed by atoms with Gasteiger partial charge in [-0.15, -0.1) is 0 Å². The van der Waals surface area contributed by atoms with Gasteiger partial charge in [-0.25, -0.2) is 4.98 Å². The second-order valence-corrected chi connectivity index (χ2v) is 4.49. The minimum Gasteiger partial charge on any atom is -0.476 e. The predicted octanol–water partition coefficient (Wildman–Crippen LogP) is 0.599. The molecule has 0 atom stereocenters. The van der Waals surface area contributed by atoms with Crippen molar-refractivity contribution >= 4 is 11.5 Å². The standard InChI is InChI=1S/C12H21N5O/c1-3-18-12-10(13)11(14-9-15-12)17-6-4-5-16(2)7-8-17/h9H,3-8,13H2,1-2H3. The molecule has 0 bridgehead atoms. The number of nitrogens with zero attached hydrogens (tertiary/aromatic N) is 4. The van der Waals surface area contributed by atoms with Crippen molar-refractivity contribution in [2.45, 2.75) is 13.3 Å². The number of nitrogen functional groups attached to an aromatic ring is 1. The molecule has 1 aliphatic rings. The van der Waals surface area contributed by atoms with Crippen LogP contribution in [0.15, 0.2) is 6.33 Å². The number of rotatable bonds is 3. The molecule has 0 spiro atoms. The Morgan fingerprint density at radius 1 is 1.28 bits per heavy atom. The summed E-state index contributed by atoms with van der Waals surface area (Å²) in [5, 5.41) is 0. The van der Waals surface area contributed by atoms with Crippen LogP contribution in [0.4, 0.5) is 11.5 Å². The molecule has 18 heavy (non-hydrogen) atoms. The van der Waals surface area contributed by atoms with Gasteiger partial charge in [0, 0.05) is 19.6 Å². The van der Waals surface area contributed by atoms with Gasteiger partial charge in [0.2, 0.25) is 5.88 Å². The summed E-state index contributed by atoms with van der Waals surface area (Å²) in [7, 11) is 2.14. The maximum absolute atomic E-state index is 6.08. The largest absolute Gasteiger partial charge is 0.476 e. The average molecular weight is 251 g/mol. The van der Waals surface area contributed by atoms with E-state index in [2.05, 4.69) is 26.8 Å². The Hall–Kier alpha value is -1.56. The van der Waals surface area contributed by atoms with Crippen LogP contribution in [0.3, 0.4) is 0 Å². The SMILES string of the molecule is CCOc1ncnc(N2CCCN(C)CC2)c1N. The Kier molecular flexibility index (Phi) is 4.19. The maximum Gasteiger partial charge on any atom is 0.242 e. The van der Waals surface area contributed by atoms with Gasteiger partial charge in [-0.2, -0.15) is 4.98 Å². The normalized spacial score (nSPS) is 17.6. The summed E-state index contributed by atoms with van der Waals surface area (Å²) in [5.41, 5.74) is 6.63. The quantitative estimate of drug-likeness (QED) is 0.848. The fraction of sp³-hybridized carbons (Fsp3) is 0.667. The molecule has 1 aromatic rings. The van der Waals surface area contributed by atoms with E-state index in [1.807, 2.05) is 6.92 Å². The minimum atomic E-state index is 0.486. The first-order chi connectivity index (χ1) is 8.72. The lowest BCUT2D eigenvalue weighted by Crippen LogP contribution is -2.30. The molecule has 0 amide bonds. The third-order valence-corrected chi connectivity index (χ3v) is 3.13. The highest BCUT2D eigenvalue weighted by Gasteiger charge is 2.18. The molecule has 0 aromatic carbocycles. The van der Waals surface area contributed by atoms with Crippen LogP contribution in [0.25, 0.3) is 0 Å². The van der Waals surface area contributed by atoms with Gasteiger partial charge < -0.3 is 20.3 Å².